The quantitative estimate of drug-likeness (QED) is 0.460. The van der Waals surface area contributed by atoms with Gasteiger partial charge in [0.1, 0.15) is 18.6 Å². The number of hydrogen-bond acceptors (Lipinski definition) is 5. The van der Waals surface area contributed by atoms with Crippen LogP contribution in [0.1, 0.15) is 43.4 Å². The van der Waals surface area contributed by atoms with Crippen molar-refractivity contribution in [3.05, 3.63) is 137 Å². The van der Waals surface area contributed by atoms with Crippen molar-refractivity contribution in [3.8, 4) is 0 Å². The van der Waals surface area contributed by atoms with Crippen molar-refractivity contribution < 1.29 is 38.2 Å². The van der Waals surface area contributed by atoms with Crippen molar-refractivity contribution in [3.63, 3.8) is 0 Å². The lowest BCUT2D eigenvalue weighted by Crippen LogP contribution is -2.68. The standard InChI is InChI=1S/C33H30NO.ClHO4/c1-33(2)28-16-10-11-17-29(28)34(3)31(33)21-19-23-18-20-26-27(23)22-30(24-12-6-4-7-13-24)35-32(26)25-14-8-5-9-15-25;2-1(3,4)5/h4-17,19,21-22H,18,20H2,1-3H3;(H,2,3,4,5)/q+1;/p-1/b21-19+;. The molecule has 1 aliphatic carbocycles. The number of rotatable bonds is 4. The molecule has 0 unspecified atom stereocenters. The molecule has 0 fully saturated rings. The van der Waals surface area contributed by atoms with Gasteiger partial charge in [0.25, 0.3) is 0 Å². The van der Waals surface area contributed by atoms with Gasteiger partial charge in [0.2, 0.25) is 5.69 Å². The van der Waals surface area contributed by atoms with E-state index in [1.54, 1.807) is 0 Å². The predicted molar refractivity (Wildman–Crippen MR) is 145 cm³/mol. The molecular formula is C33H30ClNO5. The van der Waals surface area contributed by atoms with Crippen LogP contribution in [0.5, 0.6) is 0 Å². The monoisotopic (exact) mass is 555 g/mol. The lowest BCUT2D eigenvalue weighted by atomic mass is 9.81. The number of fused-ring (bicyclic) bond motifs is 2. The highest BCUT2D eigenvalue weighted by molar-refractivity contribution is 6.03. The van der Waals surface area contributed by atoms with Crippen LogP contribution in [0.15, 0.2) is 120 Å². The normalized spacial score (nSPS) is 17.8. The fraction of sp³-hybridized carbons (Fsp3) is 0.182. The third-order valence-corrected chi connectivity index (χ3v) is 7.55. The summed E-state index contributed by atoms with van der Waals surface area (Å²) in [5.41, 5.74) is 10.2. The Bertz CT molecular complexity index is 1570. The van der Waals surface area contributed by atoms with Crippen molar-refractivity contribution >= 4 is 22.9 Å². The molecule has 0 N–H and O–H groups in total. The number of halogens is 1. The van der Waals surface area contributed by atoms with Gasteiger partial charge in [-0.05, 0) is 43.9 Å². The fourth-order valence-corrected chi connectivity index (χ4v) is 5.69. The zero-order valence-corrected chi connectivity index (χ0v) is 23.4. The van der Waals surface area contributed by atoms with E-state index in [0.717, 1.165) is 35.5 Å². The van der Waals surface area contributed by atoms with E-state index in [4.69, 9.17) is 23.4 Å². The Morgan fingerprint density at radius 1 is 0.775 bits per heavy atom. The molecule has 0 saturated carbocycles. The Kier molecular flexibility index (Phi) is 7.64. The van der Waals surface area contributed by atoms with E-state index in [2.05, 4.69) is 123 Å². The van der Waals surface area contributed by atoms with Gasteiger partial charge < -0.3 is 4.74 Å². The predicted octanol–water partition coefficient (Wildman–Crippen LogP) is 3.07. The number of para-hydroxylation sites is 1. The van der Waals surface area contributed by atoms with Crippen molar-refractivity contribution in [2.45, 2.75) is 32.1 Å². The highest BCUT2D eigenvalue weighted by atomic mass is 35.7. The molecular weight excluding hydrogens is 526 g/mol. The molecule has 0 bridgehead atoms. The molecule has 0 spiro atoms. The molecule has 0 radical (unpaired) electrons. The van der Waals surface area contributed by atoms with Crippen LogP contribution in [0.3, 0.4) is 0 Å². The lowest BCUT2D eigenvalue weighted by Gasteiger charge is -2.22. The number of ether oxygens (including phenoxy) is 1. The van der Waals surface area contributed by atoms with Gasteiger partial charge in [-0.1, -0.05) is 84.9 Å². The number of allylic oxidation sites excluding steroid dienone is 6. The molecule has 204 valence electrons. The maximum atomic E-state index is 8.49. The van der Waals surface area contributed by atoms with Crippen LogP contribution in [0.4, 0.5) is 5.69 Å². The van der Waals surface area contributed by atoms with E-state index < -0.39 is 10.2 Å². The molecule has 2 heterocycles. The Balaban J connectivity index is 0.000000595. The van der Waals surface area contributed by atoms with Gasteiger partial charge in [-0.25, -0.2) is 18.6 Å². The van der Waals surface area contributed by atoms with Crippen LogP contribution < -0.4 is 18.6 Å². The fourth-order valence-electron chi connectivity index (χ4n) is 5.69. The zero-order chi connectivity index (χ0) is 28.5. The van der Waals surface area contributed by atoms with Crippen molar-refractivity contribution in [1.82, 2.24) is 0 Å². The summed E-state index contributed by atoms with van der Waals surface area (Å²) in [6, 6.07) is 29.7. The minimum atomic E-state index is -4.94. The van der Waals surface area contributed by atoms with Gasteiger partial charge in [0.05, 0.1) is 5.41 Å². The van der Waals surface area contributed by atoms with Gasteiger partial charge in [-0.3, -0.25) is 0 Å². The van der Waals surface area contributed by atoms with Crippen LogP contribution in [0.25, 0.3) is 11.5 Å². The molecule has 3 aromatic carbocycles. The van der Waals surface area contributed by atoms with E-state index in [-0.39, 0.29) is 5.41 Å². The molecule has 6 rings (SSSR count). The number of nitrogens with zero attached hydrogens (tertiary/aromatic N) is 1. The molecule has 2 aliphatic heterocycles. The summed E-state index contributed by atoms with van der Waals surface area (Å²) < 4.78 is 42.9. The van der Waals surface area contributed by atoms with Gasteiger partial charge in [-0.2, -0.15) is 4.58 Å². The summed E-state index contributed by atoms with van der Waals surface area (Å²) in [4.78, 5) is 0. The largest absolute Gasteiger partial charge is 0.456 e. The first-order chi connectivity index (χ1) is 19.0. The summed E-state index contributed by atoms with van der Waals surface area (Å²) in [7, 11) is -2.76. The molecule has 6 nitrogen and oxygen atoms in total. The smallest absolute Gasteiger partial charge is 0.209 e. The van der Waals surface area contributed by atoms with E-state index >= 15 is 0 Å². The second-order valence-corrected chi connectivity index (χ2v) is 11.1. The van der Waals surface area contributed by atoms with Crippen LogP contribution in [-0.2, 0) is 10.2 Å². The zero-order valence-electron chi connectivity index (χ0n) is 22.6. The van der Waals surface area contributed by atoms with Crippen LogP contribution in [-0.4, -0.2) is 17.3 Å². The molecule has 0 atom stereocenters. The van der Waals surface area contributed by atoms with Crippen LogP contribution >= 0.6 is 0 Å². The first-order valence-electron chi connectivity index (χ1n) is 13.0. The van der Waals surface area contributed by atoms with E-state index in [1.165, 1.54) is 33.7 Å². The average molecular weight is 556 g/mol. The second-order valence-electron chi connectivity index (χ2n) is 10.4. The van der Waals surface area contributed by atoms with Crippen molar-refractivity contribution in [1.29, 1.82) is 0 Å². The minimum absolute atomic E-state index is 0.0275. The summed E-state index contributed by atoms with van der Waals surface area (Å²) in [6.07, 6.45) is 8.93. The molecule has 0 aromatic heterocycles. The van der Waals surface area contributed by atoms with E-state index in [0.29, 0.717) is 0 Å². The molecule has 3 aliphatic rings. The Hall–Kier alpha value is -3.78. The summed E-state index contributed by atoms with van der Waals surface area (Å²) >= 11 is 0. The van der Waals surface area contributed by atoms with Gasteiger partial charge in [0, 0.05) is 34.4 Å². The average Bonchev–Trinajstić information content (AvgIpc) is 3.43. The summed E-state index contributed by atoms with van der Waals surface area (Å²) in [5.74, 6) is 1.90. The topological polar surface area (TPSA) is 104 Å². The van der Waals surface area contributed by atoms with Crippen molar-refractivity contribution in [2.75, 3.05) is 7.05 Å². The third-order valence-electron chi connectivity index (χ3n) is 7.55. The lowest BCUT2D eigenvalue weighted by molar-refractivity contribution is -2.00. The Morgan fingerprint density at radius 2 is 1.35 bits per heavy atom. The second kappa shape index (κ2) is 11.0. The number of benzene rings is 3. The minimum Gasteiger partial charge on any atom is -0.456 e. The maximum Gasteiger partial charge on any atom is 0.209 e. The maximum absolute atomic E-state index is 8.49. The molecule has 0 saturated heterocycles. The van der Waals surface area contributed by atoms with Crippen LogP contribution in [0, 0.1) is 10.2 Å². The van der Waals surface area contributed by atoms with Crippen LogP contribution in [0.2, 0.25) is 0 Å². The van der Waals surface area contributed by atoms with Crippen molar-refractivity contribution in [2.24, 2.45) is 0 Å². The van der Waals surface area contributed by atoms with E-state index in [9.17, 15) is 0 Å². The first kappa shape index (κ1) is 27.8. The summed E-state index contributed by atoms with van der Waals surface area (Å²) in [6.45, 7) is 4.64. The number of hydrogen-bond donors (Lipinski definition) is 0. The van der Waals surface area contributed by atoms with Gasteiger partial charge in [-0.15, -0.1) is 10.2 Å². The third kappa shape index (κ3) is 5.72. The SMILES string of the molecule is C[N+]1=C(/C=C/C2=C3C=C(c4ccccc4)OC(c4ccccc4)=C3CC2)C(C)(C)c2ccccc21.[O-][Cl+3]([O-])([O-])[O-]. The molecule has 3 aromatic rings. The summed E-state index contributed by atoms with van der Waals surface area (Å²) in [5, 5.41) is 0. The highest BCUT2D eigenvalue weighted by Crippen LogP contribution is 2.45. The Morgan fingerprint density at radius 3 is 1.98 bits per heavy atom. The highest BCUT2D eigenvalue weighted by Gasteiger charge is 2.42. The first-order valence-corrected chi connectivity index (χ1v) is 14.2. The molecule has 0 amide bonds. The van der Waals surface area contributed by atoms with Gasteiger partial charge in [0.15, 0.2) is 5.71 Å². The molecule has 40 heavy (non-hydrogen) atoms. The molecule has 7 heteroatoms. The van der Waals surface area contributed by atoms with Gasteiger partial charge >= 0.3 is 0 Å². The van der Waals surface area contributed by atoms with E-state index in [1.807, 2.05) is 6.07 Å². The Labute approximate surface area is 236 Å².